The Morgan fingerprint density at radius 3 is 2.92 bits per heavy atom. The first-order valence-corrected chi connectivity index (χ1v) is 9.08. The molecule has 2 aliphatic rings. The summed E-state index contributed by atoms with van der Waals surface area (Å²) in [6, 6.07) is 5.46. The maximum Gasteiger partial charge on any atom is 0.320 e. The number of rotatable bonds is 4. The van der Waals surface area contributed by atoms with Crippen molar-refractivity contribution in [2.75, 3.05) is 6.54 Å². The number of aryl methyl sites for hydroxylation is 1. The van der Waals surface area contributed by atoms with Crippen LogP contribution >= 0.6 is 0 Å². The van der Waals surface area contributed by atoms with Crippen LogP contribution in [0.3, 0.4) is 0 Å². The van der Waals surface area contributed by atoms with E-state index in [4.69, 9.17) is 4.74 Å². The third-order valence-electron chi connectivity index (χ3n) is 5.65. The molecule has 1 saturated carbocycles. The number of fused-ring (bicyclic) bond motifs is 1. The molecule has 3 N–H and O–H groups in total. The van der Waals surface area contributed by atoms with Gasteiger partial charge in [0, 0.05) is 0 Å². The maximum atomic E-state index is 11.3. The minimum atomic E-state index is -0.760. The van der Waals surface area contributed by atoms with Gasteiger partial charge in [-0.1, -0.05) is 12.1 Å². The third-order valence-corrected chi connectivity index (χ3v) is 5.65. The Kier molecular flexibility index (Phi) is 4.58. The molecule has 8 nitrogen and oxygen atoms in total. The summed E-state index contributed by atoms with van der Waals surface area (Å²) < 4.78 is 6.35. The van der Waals surface area contributed by atoms with Gasteiger partial charge in [-0.25, -0.2) is 0 Å². The first-order chi connectivity index (χ1) is 12.6. The molecule has 3 unspecified atom stereocenters. The van der Waals surface area contributed by atoms with Gasteiger partial charge in [-0.15, -0.1) is 10.2 Å². The van der Waals surface area contributed by atoms with Crippen molar-refractivity contribution in [3.8, 4) is 17.1 Å². The lowest BCUT2D eigenvalue weighted by Crippen LogP contribution is -2.50. The second-order valence-corrected chi connectivity index (χ2v) is 7.29. The molecule has 0 radical (unpaired) electrons. The number of carbonyl (C=O) groups is 1. The molecule has 4 rings (SSSR count). The van der Waals surface area contributed by atoms with E-state index in [-0.39, 0.29) is 6.10 Å². The highest BCUT2D eigenvalue weighted by molar-refractivity contribution is 5.73. The summed E-state index contributed by atoms with van der Waals surface area (Å²) in [4.78, 5) is 11.3. The van der Waals surface area contributed by atoms with Crippen LogP contribution < -0.4 is 10.1 Å². The average molecular weight is 357 g/mol. The van der Waals surface area contributed by atoms with E-state index in [1.807, 2.05) is 25.1 Å². The van der Waals surface area contributed by atoms with Crippen molar-refractivity contribution in [3.05, 3.63) is 23.8 Å². The Morgan fingerprint density at radius 2 is 2.15 bits per heavy atom. The van der Waals surface area contributed by atoms with Crippen molar-refractivity contribution in [3.63, 3.8) is 0 Å². The minimum Gasteiger partial charge on any atom is -0.490 e. The molecule has 8 heteroatoms. The molecule has 2 fully saturated rings. The molecule has 4 atom stereocenters. The van der Waals surface area contributed by atoms with Crippen LogP contribution in [-0.4, -0.2) is 50.4 Å². The number of ether oxygens (including phenoxy) is 1. The SMILES string of the molecule is Cc1cccc(O[C@H]2CCC3CNC(C(=O)O)CC3C2)c1-c1nn[nH]n1. The number of aromatic amines is 1. The van der Waals surface area contributed by atoms with Crippen molar-refractivity contribution in [1.82, 2.24) is 25.9 Å². The van der Waals surface area contributed by atoms with E-state index in [0.29, 0.717) is 24.1 Å². The zero-order valence-corrected chi connectivity index (χ0v) is 14.7. The first-order valence-electron chi connectivity index (χ1n) is 9.08. The zero-order chi connectivity index (χ0) is 18.1. The van der Waals surface area contributed by atoms with Gasteiger partial charge in [0.15, 0.2) is 0 Å². The molecule has 0 amide bonds. The summed E-state index contributed by atoms with van der Waals surface area (Å²) in [7, 11) is 0. The molecule has 0 bridgehead atoms. The fourth-order valence-electron chi connectivity index (χ4n) is 4.29. The lowest BCUT2D eigenvalue weighted by Gasteiger charge is -2.41. The average Bonchev–Trinajstić information content (AvgIpc) is 3.15. The van der Waals surface area contributed by atoms with Gasteiger partial charge >= 0.3 is 5.97 Å². The maximum absolute atomic E-state index is 11.3. The van der Waals surface area contributed by atoms with E-state index in [0.717, 1.165) is 42.7 Å². The highest BCUT2D eigenvalue weighted by Gasteiger charge is 2.38. The molecule has 0 spiro atoms. The number of piperidine rings is 1. The highest BCUT2D eigenvalue weighted by atomic mass is 16.5. The predicted molar refractivity (Wildman–Crippen MR) is 93.6 cm³/mol. The van der Waals surface area contributed by atoms with Gasteiger partial charge in [0.05, 0.1) is 11.7 Å². The standard InChI is InChI=1S/C18H23N5O3/c1-10-3-2-4-15(16(10)17-20-22-23-21-17)26-13-6-5-11-9-19-14(18(24)25)8-12(11)7-13/h2-4,11-14,19H,5-9H2,1H3,(H,24,25)(H,20,21,22,23)/t11?,12?,13-,14?/m0/s1. The number of nitrogens with one attached hydrogen (secondary N) is 2. The van der Waals surface area contributed by atoms with Crippen LogP contribution in [0.2, 0.25) is 0 Å². The van der Waals surface area contributed by atoms with Crippen LogP contribution in [0.1, 0.15) is 31.2 Å². The molecule has 1 aliphatic heterocycles. The molecule has 2 aromatic rings. The first kappa shape index (κ1) is 17.0. The van der Waals surface area contributed by atoms with E-state index in [2.05, 4.69) is 25.9 Å². The summed E-state index contributed by atoms with van der Waals surface area (Å²) in [6.07, 6.45) is 3.66. The fraction of sp³-hybridized carbons (Fsp3) is 0.556. The topological polar surface area (TPSA) is 113 Å². The largest absolute Gasteiger partial charge is 0.490 e. The van der Waals surface area contributed by atoms with Crippen LogP contribution in [0.25, 0.3) is 11.4 Å². The second kappa shape index (κ2) is 7.03. The number of H-pyrrole nitrogens is 1. The van der Waals surface area contributed by atoms with Gasteiger partial charge in [-0.3, -0.25) is 4.79 Å². The van der Waals surface area contributed by atoms with Crippen molar-refractivity contribution < 1.29 is 14.6 Å². The van der Waals surface area contributed by atoms with Gasteiger partial charge in [-0.05, 0) is 67.8 Å². The lowest BCUT2D eigenvalue weighted by molar-refractivity contribution is -0.141. The van der Waals surface area contributed by atoms with E-state index in [1.165, 1.54) is 0 Å². The number of hydrogen-bond acceptors (Lipinski definition) is 6. The van der Waals surface area contributed by atoms with Crippen molar-refractivity contribution in [1.29, 1.82) is 0 Å². The van der Waals surface area contributed by atoms with Crippen LogP contribution in [0, 0.1) is 18.8 Å². The van der Waals surface area contributed by atoms with Crippen LogP contribution in [0.5, 0.6) is 5.75 Å². The third kappa shape index (κ3) is 3.29. The Hall–Kier alpha value is -2.48. The van der Waals surface area contributed by atoms with Crippen molar-refractivity contribution in [2.45, 2.75) is 44.8 Å². The van der Waals surface area contributed by atoms with Gasteiger partial charge in [-0.2, -0.15) is 5.21 Å². The van der Waals surface area contributed by atoms with Crippen molar-refractivity contribution in [2.24, 2.45) is 11.8 Å². The van der Waals surface area contributed by atoms with Crippen LogP contribution in [0.15, 0.2) is 18.2 Å². The predicted octanol–water partition coefficient (Wildman–Crippen LogP) is 1.79. The van der Waals surface area contributed by atoms with E-state index >= 15 is 0 Å². The summed E-state index contributed by atoms with van der Waals surface area (Å²) in [6.45, 7) is 2.78. The number of nitrogens with zero attached hydrogens (tertiary/aromatic N) is 3. The number of hydrogen-bond donors (Lipinski definition) is 3. The van der Waals surface area contributed by atoms with E-state index in [1.54, 1.807) is 0 Å². The monoisotopic (exact) mass is 357 g/mol. The highest BCUT2D eigenvalue weighted by Crippen LogP contribution is 2.39. The number of benzene rings is 1. The molecule has 1 saturated heterocycles. The van der Waals surface area contributed by atoms with Gasteiger partial charge in [0.2, 0.25) is 5.82 Å². The second-order valence-electron chi connectivity index (χ2n) is 7.29. The van der Waals surface area contributed by atoms with E-state index in [9.17, 15) is 9.90 Å². The quantitative estimate of drug-likeness (QED) is 0.764. The lowest BCUT2D eigenvalue weighted by atomic mass is 9.72. The molecule has 1 aromatic carbocycles. The summed E-state index contributed by atoms with van der Waals surface area (Å²) in [5.74, 6) is 1.46. The number of tetrazole rings is 1. The Morgan fingerprint density at radius 1 is 1.27 bits per heavy atom. The summed E-state index contributed by atoms with van der Waals surface area (Å²) >= 11 is 0. The van der Waals surface area contributed by atoms with Gasteiger partial charge in [0.25, 0.3) is 0 Å². The van der Waals surface area contributed by atoms with Crippen LogP contribution in [-0.2, 0) is 4.79 Å². The molecule has 138 valence electrons. The number of aliphatic carboxylic acids is 1. The number of carboxylic acids is 1. The number of carboxylic acid groups (broad SMARTS) is 1. The van der Waals surface area contributed by atoms with Crippen LogP contribution in [0.4, 0.5) is 0 Å². The van der Waals surface area contributed by atoms with Gasteiger partial charge < -0.3 is 15.2 Å². The molecule has 1 aliphatic carbocycles. The minimum absolute atomic E-state index is 0.0799. The smallest absolute Gasteiger partial charge is 0.320 e. The normalized spacial score (nSPS) is 28.3. The number of aromatic nitrogens is 4. The Labute approximate surface area is 151 Å². The fourth-order valence-corrected chi connectivity index (χ4v) is 4.29. The molecule has 1 aromatic heterocycles. The van der Waals surface area contributed by atoms with Crippen molar-refractivity contribution >= 4 is 5.97 Å². The summed E-state index contributed by atoms with van der Waals surface area (Å²) in [5, 5.41) is 26.8. The Balaban J connectivity index is 1.50. The zero-order valence-electron chi connectivity index (χ0n) is 14.7. The molecular formula is C18H23N5O3. The molecular weight excluding hydrogens is 334 g/mol. The molecule has 26 heavy (non-hydrogen) atoms. The Bertz CT molecular complexity index is 779. The summed E-state index contributed by atoms with van der Waals surface area (Å²) in [5.41, 5.74) is 1.89. The van der Waals surface area contributed by atoms with E-state index < -0.39 is 12.0 Å². The van der Waals surface area contributed by atoms with Gasteiger partial charge in [0.1, 0.15) is 11.8 Å². The molecule has 2 heterocycles.